The van der Waals surface area contributed by atoms with E-state index in [1.807, 2.05) is 0 Å². The number of fused-ring (bicyclic) bond motifs is 1. The summed E-state index contributed by atoms with van der Waals surface area (Å²) in [4.78, 5) is 23.2. The van der Waals surface area contributed by atoms with Crippen LogP contribution in [0.4, 0.5) is 18.9 Å². The lowest BCUT2D eigenvalue weighted by atomic mass is 10.1. The predicted molar refractivity (Wildman–Crippen MR) is 125 cm³/mol. The van der Waals surface area contributed by atoms with Crippen molar-refractivity contribution in [3.05, 3.63) is 59.3 Å². The van der Waals surface area contributed by atoms with Crippen molar-refractivity contribution in [2.45, 2.75) is 44.9 Å². The molecule has 0 radical (unpaired) electrons. The van der Waals surface area contributed by atoms with E-state index in [0.29, 0.717) is 30.0 Å². The Labute approximate surface area is 200 Å². The third kappa shape index (κ3) is 5.61. The molecule has 1 amide bonds. The number of rotatable bonds is 6. The average molecular weight is 489 g/mol. The lowest BCUT2D eigenvalue weighted by Gasteiger charge is -2.21. The van der Waals surface area contributed by atoms with E-state index in [1.165, 1.54) is 18.5 Å². The van der Waals surface area contributed by atoms with Gasteiger partial charge >= 0.3 is 6.18 Å². The summed E-state index contributed by atoms with van der Waals surface area (Å²) in [5.74, 6) is -0.337. The quantitative estimate of drug-likeness (QED) is 0.451. The number of nitrogens with one attached hydrogen (secondary N) is 2. The Kier molecular flexibility index (Phi) is 7.06. The molecule has 3 N–H and O–H groups in total. The second-order valence-corrected chi connectivity index (χ2v) is 8.68. The maximum atomic E-state index is 13.0. The number of aliphatic hydroxyl groups excluding tert-OH is 1. The molecule has 1 fully saturated rings. The van der Waals surface area contributed by atoms with Gasteiger partial charge in [0.15, 0.2) is 0 Å². The van der Waals surface area contributed by atoms with Crippen molar-refractivity contribution in [3.8, 4) is 0 Å². The van der Waals surface area contributed by atoms with Crippen molar-refractivity contribution < 1.29 is 23.1 Å². The highest BCUT2D eigenvalue weighted by atomic mass is 19.4. The molecule has 3 aromatic rings. The van der Waals surface area contributed by atoms with Gasteiger partial charge in [0.2, 0.25) is 0 Å². The molecule has 8 nitrogen and oxygen atoms in total. The van der Waals surface area contributed by atoms with Crippen LogP contribution in [0.5, 0.6) is 0 Å². The van der Waals surface area contributed by atoms with E-state index in [4.69, 9.17) is 5.41 Å². The molecule has 1 saturated heterocycles. The number of anilines is 1. The number of alkyl halides is 3. The number of hydrogen-bond acceptors (Lipinski definition) is 6. The number of aromatic nitrogens is 3. The Morgan fingerprint density at radius 1 is 1.17 bits per heavy atom. The Morgan fingerprint density at radius 3 is 2.54 bits per heavy atom. The van der Waals surface area contributed by atoms with Crippen LogP contribution in [0.25, 0.3) is 5.65 Å². The largest absolute Gasteiger partial charge is 0.405 e. The number of pyridine rings is 2. The molecule has 1 aliphatic rings. The van der Waals surface area contributed by atoms with Crippen LogP contribution in [-0.4, -0.2) is 61.8 Å². The smallest absolute Gasteiger partial charge is 0.389 e. The van der Waals surface area contributed by atoms with E-state index >= 15 is 0 Å². The van der Waals surface area contributed by atoms with E-state index in [2.05, 4.69) is 15.3 Å². The summed E-state index contributed by atoms with van der Waals surface area (Å²) in [6, 6.07) is 4.68. The SMILES string of the molecule is CC(O)c1ccc2ncc(C(=N)c3cnc(C(=O)N4CCCCCC4)cc3NCC(F)(F)F)n2c1. The summed E-state index contributed by atoms with van der Waals surface area (Å²) in [5, 5.41) is 21.0. The zero-order chi connectivity index (χ0) is 25.2. The maximum Gasteiger partial charge on any atom is 0.405 e. The minimum absolute atomic E-state index is 0.0119. The van der Waals surface area contributed by atoms with Crippen molar-refractivity contribution in [2.75, 3.05) is 25.0 Å². The number of hydrogen-bond donors (Lipinski definition) is 3. The van der Waals surface area contributed by atoms with Gasteiger partial charge in [0.25, 0.3) is 5.91 Å². The highest BCUT2D eigenvalue weighted by Gasteiger charge is 2.28. The fourth-order valence-corrected chi connectivity index (χ4v) is 4.12. The Morgan fingerprint density at radius 2 is 1.89 bits per heavy atom. The van der Waals surface area contributed by atoms with Crippen LogP contribution in [0.2, 0.25) is 0 Å². The normalized spacial score (nSPS) is 15.6. The average Bonchev–Trinajstić information content (AvgIpc) is 3.05. The predicted octanol–water partition coefficient (Wildman–Crippen LogP) is 4.19. The molecule has 11 heteroatoms. The highest BCUT2D eigenvalue weighted by Crippen LogP contribution is 2.25. The van der Waals surface area contributed by atoms with E-state index in [-0.39, 0.29) is 28.6 Å². The number of carbonyl (C=O) groups is 1. The third-order valence-electron chi connectivity index (χ3n) is 6.03. The minimum Gasteiger partial charge on any atom is -0.389 e. The fourth-order valence-electron chi connectivity index (χ4n) is 4.12. The first-order valence-corrected chi connectivity index (χ1v) is 11.5. The highest BCUT2D eigenvalue weighted by molar-refractivity contribution is 6.13. The molecule has 4 heterocycles. The van der Waals surface area contributed by atoms with Gasteiger partial charge in [-0.25, -0.2) is 4.98 Å². The van der Waals surface area contributed by atoms with Crippen LogP contribution in [0.15, 0.2) is 36.8 Å². The Balaban J connectivity index is 1.71. The molecule has 0 spiro atoms. The van der Waals surface area contributed by atoms with Crippen LogP contribution in [-0.2, 0) is 0 Å². The van der Waals surface area contributed by atoms with Gasteiger partial charge in [0.1, 0.15) is 17.9 Å². The number of imidazole rings is 1. The van der Waals surface area contributed by atoms with Crippen molar-refractivity contribution in [1.82, 2.24) is 19.3 Å². The van der Waals surface area contributed by atoms with Crippen molar-refractivity contribution in [2.24, 2.45) is 0 Å². The second-order valence-electron chi connectivity index (χ2n) is 8.68. The lowest BCUT2D eigenvalue weighted by Crippen LogP contribution is -2.32. The van der Waals surface area contributed by atoms with E-state index in [1.54, 1.807) is 34.6 Å². The van der Waals surface area contributed by atoms with Crippen LogP contribution in [0.3, 0.4) is 0 Å². The van der Waals surface area contributed by atoms with Gasteiger partial charge in [-0.3, -0.25) is 19.6 Å². The first-order valence-electron chi connectivity index (χ1n) is 11.5. The molecule has 3 aromatic heterocycles. The number of amides is 1. The lowest BCUT2D eigenvalue weighted by molar-refractivity contribution is -0.115. The third-order valence-corrected chi connectivity index (χ3v) is 6.03. The van der Waals surface area contributed by atoms with E-state index in [9.17, 15) is 23.1 Å². The molecular weight excluding hydrogens is 461 g/mol. The summed E-state index contributed by atoms with van der Waals surface area (Å²) in [6.07, 6.45) is 2.88. The zero-order valence-electron chi connectivity index (χ0n) is 19.3. The number of likely N-dealkylation sites (tertiary alicyclic amines) is 1. The first kappa shape index (κ1) is 24.6. The summed E-state index contributed by atoms with van der Waals surface area (Å²) in [6.45, 7) is 1.44. The van der Waals surface area contributed by atoms with E-state index in [0.717, 1.165) is 25.7 Å². The van der Waals surface area contributed by atoms with Gasteiger partial charge in [-0.15, -0.1) is 0 Å². The second kappa shape index (κ2) is 10.0. The topological polar surface area (TPSA) is 107 Å². The van der Waals surface area contributed by atoms with Gasteiger partial charge in [-0.05, 0) is 37.5 Å². The van der Waals surface area contributed by atoms with Crippen LogP contribution in [0, 0.1) is 5.41 Å². The Hall–Kier alpha value is -3.47. The summed E-state index contributed by atoms with van der Waals surface area (Å²) >= 11 is 0. The molecule has 186 valence electrons. The molecule has 1 unspecified atom stereocenters. The van der Waals surface area contributed by atoms with Gasteiger partial charge in [-0.2, -0.15) is 13.2 Å². The van der Waals surface area contributed by atoms with Crippen molar-refractivity contribution in [1.29, 1.82) is 5.41 Å². The van der Waals surface area contributed by atoms with E-state index < -0.39 is 18.8 Å². The molecule has 35 heavy (non-hydrogen) atoms. The number of aliphatic hydroxyl groups is 1. The summed E-state index contributed by atoms with van der Waals surface area (Å²) < 4.78 is 40.7. The first-order chi connectivity index (χ1) is 16.6. The molecule has 4 rings (SSSR count). The molecule has 1 aliphatic heterocycles. The molecule has 1 atom stereocenters. The van der Waals surface area contributed by atoms with Gasteiger partial charge in [0, 0.05) is 36.7 Å². The fraction of sp³-hybridized carbons (Fsp3) is 0.417. The number of halogens is 3. The van der Waals surface area contributed by atoms with Crippen LogP contribution in [0.1, 0.15) is 66.0 Å². The summed E-state index contributed by atoms with van der Waals surface area (Å²) in [7, 11) is 0. The zero-order valence-corrected chi connectivity index (χ0v) is 19.3. The number of carbonyl (C=O) groups excluding carboxylic acids is 1. The Bertz CT molecular complexity index is 1230. The van der Waals surface area contributed by atoms with Crippen molar-refractivity contribution in [3.63, 3.8) is 0 Å². The maximum absolute atomic E-state index is 13.0. The van der Waals surface area contributed by atoms with Crippen molar-refractivity contribution >= 4 is 23.0 Å². The monoisotopic (exact) mass is 488 g/mol. The van der Waals surface area contributed by atoms with Crippen LogP contribution >= 0.6 is 0 Å². The molecular formula is C24H27F3N6O2. The number of nitrogens with zero attached hydrogens (tertiary/aromatic N) is 4. The standard InChI is InChI=1S/C24H27F3N6O2/c1-15(34)16-6-7-21-30-12-20(33(21)13-16)22(28)17-11-29-19(10-18(17)31-14-24(25,26)27)23(35)32-8-4-2-3-5-9-32/h6-7,10-13,15,28,34H,2-5,8-9,14H2,1H3,(H,29,31). The van der Waals surface area contributed by atoms with Gasteiger partial charge < -0.3 is 15.3 Å². The van der Waals surface area contributed by atoms with Crippen LogP contribution < -0.4 is 5.32 Å². The van der Waals surface area contributed by atoms with Gasteiger partial charge in [0.05, 0.1) is 23.7 Å². The molecule has 0 saturated carbocycles. The minimum atomic E-state index is -4.49. The molecule has 0 aliphatic carbocycles. The molecule has 0 aromatic carbocycles. The summed E-state index contributed by atoms with van der Waals surface area (Å²) in [5.41, 5.74) is 1.42. The molecule has 0 bridgehead atoms. The van der Waals surface area contributed by atoms with Gasteiger partial charge in [-0.1, -0.05) is 18.9 Å².